The summed E-state index contributed by atoms with van der Waals surface area (Å²) in [6.07, 6.45) is 2.16. The van der Waals surface area contributed by atoms with E-state index >= 15 is 0 Å². The summed E-state index contributed by atoms with van der Waals surface area (Å²) in [6.45, 7) is 0. The summed E-state index contributed by atoms with van der Waals surface area (Å²) in [4.78, 5) is 0. The second kappa shape index (κ2) is 6.44. The number of hydrogen-bond donors (Lipinski definition) is 1. The SMILES string of the molecule is Fc1cccc(/C=N\n2c(Cc3ccccc3)n[nH]c2=S)c1. The van der Waals surface area contributed by atoms with E-state index in [1.807, 2.05) is 30.3 Å². The first-order valence-corrected chi connectivity index (χ1v) is 7.13. The van der Waals surface area contributed by atoms with Gasteiger partial charge in [-0.15, -0.1) is 0 Å². The summed E-state index contributed by atoms with van der Waals surface area (Å²) in [7, 11) is 0. The Labute approximate surface area is 131 Å². The molecule has 0 fully saturated rings. The lowest BCUT2D eigenvalue weighted by molar-refractivity contribution is 0.627. The Bertz CT molecular complexity index is 852. The third kappa shape index (κ3) is 3.35. The van der Waals surface area contributed by atoms with Crippen LogP contribution in [0.1, 0.15) is 17.0 Å². The third-order valence-electron chi connectivity index (χ3n) is 3.09. The van der Waals surface area contributed by atoms with E-state index in [0.717, 1.165) is 5.56 Å². The first kappa shape index (κ1) is 14.3. The summed E-state index contributed by atoms with van der Waals surface area (Å²) in [6, 6.07) is 16.1. The Morgan fingerprint density at radius 2 is 2.00 bits per heavy atom. The highest BCUT2D eigenvalue weighted by atomic mass is 32.1. The van der Waals surface area contributed by atoms with Crippen molar-refractivity contribution in [1.29, 1.82) is 0 Å². The van der Waals surface area contributed by atoms with Gasteiger partial charge in [-0.05, 0) is 35.5 Å². The molecule has 0 amide bonds. The molecule has 0 aliphatic heterocycles. The highest BCUT2D eigenvalue weighted by molar-refractivity contribution is 7.71. The Hall–Kier alpha value is -2.60. The molecule has 1 N–H and O–H groups in total. The predicted octanol–water partition coefficient (Wildman–Crippen LogP) is 3.55. The Morgan fingerprint density at radius 1 is 1.18 bits per heavy atom. The number of hydrogen-bond acceptors (Lipinski definition) is 3. The minimum atomic E-state index is -0.302. The van der Waals surface area contributed by atoms with Gasteiger partial charge in [0, 0.05) is 6.42 Å². The van der Waals surface area contributed by atoms with Gasteiger partial charge in [0.1, 0.15) is 5.82 Å². The van der Waals surface area contributed by atoms with Crippen LogP contribution in [0.3, 0.4) is 0 Å². The molecule has 0 saturated heterocycles. The fraction of sp³-hybridized carbons (Fsp3) is 0.0625. The van der Waals surface area contributed by atoms with Crippen LogP contribution in [0.15, 0.2) is 59.7 Å². The zero-order valence-corrected chi connectivity index (χ0v) is 12.4. The molecule has 0 spiro atoms. The third-order valence-corrected chi connectivity index (χ3v) is 3.36. The van der Waals surface area contributed by atoms with Gasteiger partial charge in [-0.25, -0.2) is 4.39 Å². The number of nitrogens with one attached hydrogen (secondary N) is 1. The van der Waals surface area contributed by atoms with Gasteiger partial charge in [0.05, 0.1) is 6.21 Å². The van der Waals surface area contributed by atoms with Gasteiger partial charge < -0.3 is 0 Å². The normalized spacial score (nSPS) is 11.1. The van der Waals surface area contributed by atoms with Gasteiger partial charge >= 0.3 is 0 Å². The highest BCUT2D eigenvalue weighted by Gasteiger charge is 2.06. The summed E-state index contributed by atoms with van der Waals surface area (Å²) in [5.41, 5.74) is 1.77. The topological polar surface area (TPSA) is 46.0 Å². The van der Waals surface area contributed by atoms with Crippen LogP contribution in [0.2, 0.25) is 0 Å². The van der Waals surface area contributed by atoms with E-state index < -0.39 is 0 Å². The van der Waals surface area contributed by atoms with Crippen LogP contribution in [0.4, 0.5) is 4.39 Å². The molecular weight excluding hydrogens is 299 g/mol. The smallest absolute Gasteiger partial charge is 0.216 e. The molecule has 0 aliphatic rings. The number of halogens is 1. The molecule has 0 saturated carbocycles. The number of H-pyrrole nitrogens is 1. The van der Waals surface area contributed by atoms with E-state index in [9.17, 15) is 4.39 Å². The fourth-order valence-electron chi connectivity index (χ4n) is 2.05. The minimum Gasteiger partial charge on any atom is -0.250 e. The maximum atomic E-state index is 13.2. The van der Waals surface area contributed by atoms with Gasteiger partial charge in [0.25, 0.3) is 0 Å². The van der Waals surface area contributed by atoms with Crippen molar-refractivity contribution in [2.75, 3.05) is 0 Å². The van der Waals surface area contributed by atoms with E-state index in [0.29, 0.717) is 22.6 Å². The van der Waals surface area contributed by atoms with Crippen molar-refractivity contribution in [2.24, 2.45) is 5.10 Å². The molecule has 22 heavy (non-hydrogen) atoms. The second-order valence-electron chi connectivity index (χ2n) is 4.72. The summed E-state index contributed by atoms with van der Waals surface area (Å²) >= 11 is 5.19. The first-order chi connectivity index (χ1) is 10.7. The molecule has 1 aromatic heterocycles. The highest BCUT2D eigenvalue weighted by Crippen LogP contribution is 2.08. The Morgan fingerprint density at radius 3 is 2.77 bits per heavy atom. The van der Waals surface area contributed by atoms with E-state index in [1.165, 1.54) is 12.1 Å². The van der Waals surface area contributed by atoms with Crippen LogP contribution < -0.4 is 0 Å². The molecule has 4 nitrogen and oxygen atoms in total. The maximum absolute atomic E-state index is 13.2. The fourth-order valence-corrected chi connectivity index (χ4v) is 2.25. The largest absolute Gasteiger partial charge is 0.250 e. The molecule has 1 heterocycles. The van der Waals surface area contributed by atoms with Crippen LogP contribution >= 0.6 is 12.2 Å². The summed E-state index contributed by atoms with van der Waals surface area (Å²) in [5, 5.41) is 11.2. The zero-order valence-electron chi connectivity index (χ0n) is 11.6. The van der Waals surface area contributed by atoms with Crippen LogP contribution in [0.5, 0.6) is 0 Å². The van der Waals surface area contributed by atoms with Crippen molar-refractivity contribution >= 4 is 18.4 Å². The Kier molecular flexibility index (Phi) is 4.20. The molecule has 110 valence electrons. The number of rotatable bonds is 4. The van der Waals surface area contributed by atoms with Crippen molar-refractivity contribution in [3.63, 3.8) is 0 Å². The number of nitrogens with zero attached hydrogens (tertiary/aromatic N) is 3. The van der Waals surface area contributed by atoms with Crippen LogP contribution in [0, 0.1) is 10.6 Å². The number of aromatic nitrogens is 3. The van der Waals surface area contributed by atoms with Crippen molar-refractivity contribution in [3.05, 3.63) is 82.1 Å². The van der Waals surface area contributed by atoms with Gasteiger partial charge in [0.2, 0.25) is 4.77 Å². The maximum Gasteiger partial charge on any atom is 0.216 e. The quantitative estimate of drug-likeness (QED) is 0.591. The predicted molar refractivity (Wildman–Crippen MR) is 86.1 cm³/mol. The molecule has 0 radical (unpaired) electrons. The standard InChI is InChI=1S/C16H13FN4S/c17-14-8-4-7-13(9-14)11-18-21-15(19-20-16(21)22)10-12-5-2-1-3-6-12/h1-9,11H,10H2,(H,20,22)/b18-11-. The second-order valence-corrected chi connectivity index (χ2v) is 5.11. The van der Waals surface area contributed by atoms with E-state index in [-0.39, 0.29) is 5.82 Å². The first-order valence-electron chi connectivity index (χ1n) is 6.72. The zero-order chi connectivity index (χ0) is 15.4. The molecular formula is C16H13FN4S. The molecule has 0 aliphatic carbocycles. The average molecular weight is 312 g/mol. The van der Waals surface area contributed by atoms with Crippen LogP contribution in [0.25, 0.3) is 0 Å². The molecule has 0 atom stereocenters. The lowest BCUT2D eigenvalue weighted by Crippen LogP contribution is -2.00. The minimum absolute atomic E-state index is 0.302. The monoisotopic (exact) mass is 312 g/mol. The van der Waals surface area contributed by atoms with Crippen molar-refractivity contribution in [3.8, 4) is 0 Å². The van der Waals surface area contributed by atoms with Gasteiger partial charge in [-0.2, -0.15) is 14.9 Å². The molecule has 2 aromatic carbocycles. The summed E-state index contributed by atoms with van der Waals surface area (Å²) in [5.74, 6) is 0.396. The lowest BCUT2D eigenvalue weighted by Gasteiger charge is -2.01. The Balaban J connectivity index is 1.88. The lowest BCUT2D eigenvalue weighted by atomic mass is 10.1. The summed E-state index contributed by atoms with van der Waals surface area (Å²) < 4.78 is 15.1. The van der Waals surface area contributed by atoms with E-state index in [4.69, 9.17) is 12.2 Å². The van der Waals surface area contributed by atoms with E-state index in [1.54, 1.807) is 23.0 Å². The molecule has 6 heteroatoms. The van der Waals surface area contributed by atoms with Crippen molar-refractivity contribution in [2.45, 2.75) is 6.42 Å². The van der Waals surface area contributed by atoms with Crippen molar-refractivity contribution in [1.82, 2.24) is 14.9 Å². The van der Waals surface area contributed by atoms with E-state index in [2.05, 4.69) is 15.3 Å². The average Bonchev–Trinajstić information content (AvgIpc) is 2.87. The van der Waals surface area contributed by atoms with Crippen LogP contribution in [-0.2, 0) is 6.42 Å². The van der Waals surface area contributed by atoms with Gasteiger partial charge in [-0.1, -0.05) is 42.5 Å². The van der Waals surface area contributed by atoms with Crippen LogP contribution in [-0.4, -0.2) is 21.1 Å². The molecule has 0 unspecified atom stereocenters. The molecule has 3 rings (SSSR count). The number of benzene rings is 2. The number of aromatic amines is 1. The van der Waals surface area contributed by atoms with Gasteiger partial charge in [0.15, 0.2) is 5.82 Å². The molecule has 3 aromatic rings. The van der Waals surface area contributed by atoms with Crippen molar-refractivity contribution < 1.29 is 4.39 Å². The molecule has 0 bridgehead atoms. The van der Waals surface area contributed by atoms with Gasteiger partial charge in [-0.3, -0.25) is 5.10 Å².